The standard InChI is InChI=1S/C21H24N2O3/c24-21(20-15-25-18-8-1-2-9-19(18)26-20)22-13-16-6-5-7-17(12-16)14-23-10-3-4-11-23/h1-2,5-9,12,20H,3-4,10-11,13-15H2,(H,22,24)/t20-/m1/s1. The molecule has 0 aromatic heterocycles. The van der Waals surface area contributed by atoms with Crippen LogP contribution in [0.3, 0.4) is 0 Å². The summed E-state index contributed by atoms with van der Waals surface area (Å²) in [4.78, 5) is 14.9. The van der Waals surface area contributed by atoms with E-state index in [0.717, 1.165) is 12.1 Å². The van der Waals surface area contributed by atoms with E-state index in [4.69, 9.17) is 9.47 Å². The number of nitrogens with one attached hydrogen (secondary N) is 1. The highest BCUT2D eigenvalue weighted by atomic mass is 16.6. The number of carbonyl (C=O) groups excluding carboxylic acids is 1. The van der Waals surface area contributed by atoms with Crippen molar-refractivity contribution in [2.75, 3.05) is 19.7 Å². The quantitative estimate of drug-likeness (QED) is 0.899. The molecule has 0 saturated carbocycles. The number of amides is 1. The van der Waals surface area contributed by atoms with Crippen molar-refractivity contribution in [3.05, 3.63) is 59.7 Å². The molecule has 2 aromatic rings. The molecular weight excluding hydrogens is 328 g/mol. The number of rotatable bonds is 5. The van der Waals surface area contributed by atoms with E-state index < -0.39 is 6.10 Å². The van der Waals surface area contributed by atoms with Crippen molar-refractivity contribution >= 4 is 5.91 Å². The van der Waals surface area contributed by atoms with Gasteiger partial charge in [-0.3, -0.25) is 9.69 Å². The van der Waals surface area contributed by atoms with Gasteiger partial charge in [0, 0.05) is 13.1 Å². The number of ether oxygens (including phenoxy) is 2. The molecule has 136 valence electrons. The lowest BCUT2D eigenvalue weighted by Gasteiger charge is -2.25. The van der Waals surface area contributed by atoms with Crippen molar-refractivity contribution < 1.29 is 14.3 Å². The SMILES string of the molecule is O=C(NCc1cccc(CN2CCCC2)c1)[C@H]1COc2ccccc2O1. The van der Waals surface area contributed by atoms with E-state index in [9.17, 15) is 4.79 Å². The molecule has 0 radical (unpaired) electrons. The zero-order valence-electron chi connectivity index (χ0n) is 14.8. The molecule has 4 rings (SSSR count). The van der Waals surface area contributed by atoms with Gasteiger partial charge in [-0.2, -0.15) is 0 Å². The Balaban J connectivity index is 1.32. The zero-order valence-corrected chi connectivity index (χ0v) is 14.8. The molecule has 1 amide bonds. The van der Waals surface area contributed by atoms with Crippen LogP contribution in [0.2, 0.25) is 0 Å². The van der Waals surface area contributed by atoms with Crippen LogP contribution in [0.5, 0.6) is 11.5 Å². The summed E-state index contributed by atoms with van der Waals surface area (Å²) in [7, 11) is 0. The van der Waals surface area contributed by atoms with Gasteiger partial charge < -0.3 is 14.8 Å². The van der Waals surface area contributed by atoms with Gasteiger partial charge in [0.25, 0.3) is 5.91 Å². The fourth-order valence-electron chi connectivity index (χ4n) is 3.49. The smallest absolute Gasteiger partial charge is 0.264 e. The Morgan fingerprint density at radius 1 is 1.04 bits per heavy atom. The van der Waals surface area contributed by atoms with Crippen molar-refractivity contribution in [2.45, 2.75) is 32.0 Å². The molecule has 5 nitrogen and oxygen atoms in total. The van der Waals surface area contributed by atoms with Gasteiger partial charge in [-0.05, 0) is 49.2 Å². The Morgan fingerprint density at radius 2 is 1.81 bits per heavy atom. The summed E-state index contributed by atoms with van der Waals surface area (Å²) in [6.45, 7) is 4.08. The first-order valence-electron chi connectivity index (χ1n) is 9.24. The molecule has 2 heterocycles. The Morgan fingerprint density at radius 3 is 2.65 bits per heavy atom. The highest BCUT2D eigenvalue weighted by Crippen LogP contribution is 2.30. The molecule has 0 spiro atoms. The number of hydrogen-bond donors (Lipinski definition) is 1. The third-order valence-electron chi connectivity index (χ3n) is 4.86. The molecule has 1 fully saturated rings. The van der Waals surface area contributed by atoms with Crippen LogP contribution in [-0.2, 0) is 17.9 Å². The predicted molar refractivity (Wildman–Crippen MR) is 99.2 cm³/mol. The summed E-state index contributed by atoms with van der Waals surface area (Å²) < 4.78 is 11.4. The zero-order chi connectivity index (χ0) is 17.8. The Labute approximate surface area is 153 Å². The summed E-state index contributed by atoms with van der Waals surface area (Å²) >= 11 is 0. The van der Waals surface area contributed by atoms with Crippen molar-refractivity contribution in [1.82, 2.24) is 10.2 Å². The van der Waals surface area contributed by atoms with Crippen LogP contribution in [0.1, 0.15) is 24.0 Å². The van der Waals surface area contributed by atoms with Crippen LogP contribution < -0.4 is 14.8 Å². The molecule has 1 N–H and O–H groups in total. The van der Waals surface area contributed by atoms with E-state index in [2.05, 4.69) is 28.4 Å². The second-order valence-electron chi connectivity index (χ2n) is 6.89. The van der Waals surface area contributed by atoms with Crippen LogP contribution >= 0.6 is 0 Å². The van der Waals surface area contributed by atoms with Gasteiger partial charge in [-0.1, -0.05) is 36.4 Å². The van der Waals surface area contributed by atoms with E-state index in [1.807, 2.05) is 30.3 Å². The highest BCUT2D eigenvalue weighted by molar-refractivity contribution is 5.81. The summed E-state index contributed by atoms with van der Waals surface area (Å²) in [5, 5.41) is 2.96. The van der Waals surface area contributed by atoms with Gasteiger partial charge in [0.15, 0.2) is 11.5 Å². The first-order valence-corrected chi connectivity index (χ1v) is 9.24. The summed E-state index contributed by atoms with van der Waals surface area (Å²) in [6, 6.07) is 15.8. The van der Waals surface area contributed by atoms with Crippen LogP contribution in [0, 0.1) is 0 Å². The average molecular weight is 352 g/mol. The van der Waals surface area contributed by atoms with Crippen molar-refractivity contribution in [2.24, 2.45) is 0 Å². The molecule has 2 aliphatic heterocycles. The second kappa shape index (κ2) is 7.79. The minimum atomic E-state index is -0.613. The number of para-hydroxylation sites is 2. The molecule has 0 aliphatic carbocycles. The summed E-state index contributed by atoms with van der Waals surface area (Å²) in [5.41, 5.74) is 2.40. The fourth-order valence-corrected chi connectivity index (χ4v) is 3.49. The number of carbonyl (C=O) groups is 1. The van der Waals surface area contributed by atoms with E-state index in [-0.39, 0.29) is 12.5 Å². The molecule has 5 heteroatoms. The van der Waals surface area contributed by atoms with Crippen LogP contribution in [0.4, 0.5) is 0 Å². The lowest BCUT2D eigenvalue weighted by atomic mass is 10.1. The van der Waals surface area contributed by atoms with E-state index in [1.165, 1.54) is 31.5 Å². The maximum absolute atomic E-state index is 12.4. The highest BCUT2D eigenvalue weighted by Gasteiger charge is 2.26. The number of benzene rings is 2. The molecular formula is C21H24N2O3. The minimum Gasteiger partial charge on any atom is -0.485 e. The van der Waals surface area contributed by atoms with E-state index >= 15 is 0 Å². The predicted octanol–water partition coefficient (Wildman–Crippen LogP) is 2.74. The fraction of sp³-hybridized carbons (Fsp3) is 0.381. The van der Waals surface area contributed by atoms with Gasteiger partial charge in [-0.25, -0.2) is 0 Å². The Hall–Kier alpha value is -2.53. The topological polar surface area (TPSA) is 50.8 Å². The van der Waals surface area contributed by atoms with Gasteiger partial charge in [0.1, 0.15) is 6.61 Å². The largest absolute Gasteiger partial charge is 0.485 e. The lowest BCUT2D eigenvalue weighted by molar-refractivity contribution is -0.130. The third-order valence-corrected chi connectivity index (χ3v) is 4.86. The van der Waals surface area contributed by atoms with E-state index in [0.29, 0.717) is 18.0 Å². The van der Waals surface area contributed by atoms with Gasteiger partial charge in [-0.15, -0.1) is 0 Å². The van der Waals surface area contributed by atoms with Crippen molar-refractivity contribution in [1.29, 1.82) is 0 Å². The number of likely N-dealkylation sites (tertiary alicyclic amines) is 1. The molecule has 1 atom stereocenters. The van der Waals surface area contributed by atoms with Crippen LogP contribution in [-0.4, -0.2) is 36.6 Å². The molecule has 0 bridgehead atoms. The molecule has 26 heavy (non-hydrogen) atoms. The molecule has 2 aromatic carbocycles. The van der Waals surface area contributed by atoms with Gasteiger partial charge in [0.05, 0.1) is 0 Å². The first kappa shape index (κ1) is 16.9. The van der Waals surface area contributed by atoms with Crippen molar-refractivity contribution in [3.63, 3.8) is 0 Å². The van der Waals surface area contributed by atoms with Crippen LogP contribution in [0.15, 0.2) is 48.5 Å². The lowest BCUT2D eigenvalue weighted by Crippen LogP contribution is -2.43. The minimum absolute atomic E-state index is 0.149. The summed E-state index contributed by atoms with van der Waals surface area (Å²) in [6.07, 6.45) is 1.97. The molecule has 2 aliphatic rings. The number of nitrogens with zero attached hydrogens (tertiary/aromatic N) is 1. The van der Waals surface area contributed by atoms with Crippen molar-refractivity contribution in [3.8, 4) is 11.5 Å². The number of fused-ring (bicyclic) bond motifs is 1. The Kier molecular flexibility index (Phi) is 5.07. The molecule has 1 saturated heterocycles. The monoisotopic (exact) mass is 352 g/mol. The second-order valence-corrected chi connectivity index (χ2v) is 6.89. The maximum Gasteiger partial charge on any atom is 0.264 e. The molecule has 0 unspecified atom stereocenters. The third kappa shape index (κ3) is 3.99. The summed E-state index contributed by atoms with van der Waals surface area (Å²) in [5.74, 6) is 1.15. The van der Waals surface area contributed by atoms with Gasteiger partial charge in [0.2, 0.25) is 6.10 Å². The average Bonchev–Trinajstić information content (AvgIpc) is 3.19. The Bertz CT molecular complexity index is 771. The van der Waals surface area contributed by atoms with Crippen LogP contribution in [0.25, 0.3) is 0 Å². The van der Waals surface area contributed by atoms with Gasteiger partial charge >= 0.3 is 0 Å². The normalized spacial score (nSPS) is 19.3. The maximum atomic E-state index is 12.4. The number of hydrogen-bond acceptors (Lipinski definition) is 4. The van der Waals surface area contributed by atoms with E-state index in [1.54, 1.807) is 0 Å². The first-order chi connectivity index (χ1) is 12.8.